The molecule has 5 nitrogen and oxygen atoms in total. The monoisotopic (exact) mass is 219 g/mol. The molecule has 0 aromatic carbocycles. The van der Waals surface area contributed by atoms with E-state index in [2.05, 4.69) is 0 Å². The van der Waals surface area contributed by atoms with Crippen LogP contribution >= 0.6 is 0 Å². The molecule has 0 heterocycles. The number of nitrogens with two attached hydrogens (primary N) is 1. The standard InChI is InChI=1S/C10H21NO4/c1-8(2)14-4-5-15-10(12)6-9(7-11)13-3/h8-9H,4-7,11H2,1-3H3. The second-order valence-electron chi connectivity index (χ2n) is 3.44. The van der Waals surface area contributed by atoms with Crippen LogP contribution in [0, 0.1) is 0 Å². The van der Waals surface area contributed by atoms with Crippen LogP contribution in [-0.4, -0.2) is 45.0 Å². The highest BCUT2D eigenvalue weighted by Gasteiger charge is 2.12. The molecule has 0 aromatic rings. The molecule has 1 unspecified atom stereocenters. The fraction of sp³-hybridized carbons (Fsp3) is 0.900. The molecule has 0 rings (SSSR count). The van der Waals surface area contributed by atoms with Crippen LogP contribution in [0.3, 0.4) is 0 Å². The van der Waals surface area contributed by atoms with Crippen molar-refractivity contribution in [2.24, 2.45) is 5.73 Å². The van der Waals surface area contributed by atoms with E-state index in [1.54, 1.807) is 0 Å². The fourth-order valence-corrected chi connectivity index (χ4v) is 0.947. The normalized spacial score (nSPS) is 12.9. The van der Waals surface area contributed by atoms with Crippen molar-refractivity contribution < 1.29 is 19.0 Å². The Balaban J connectivity index is 3.48. The zero-order valence-electron chi connectivity index (χ0n) is 9.69. The summed E-state index contributed by atoms with van der Waals surface area (Å²) < 4.78 is 15.1. The maximum absolute atomic E-state index is 11.2. The highest BCUT2D eigenvalue weighted by molar-refractivity contribution is 5.69. The van der Waals surface area contributed by atoms with Crippen molar-refractivity contribution in [3.8, 4) is 0 Å². The highest BCUT2D eigenvalue weighted by Crippen LogP contribution is 1.97. The minimum absolute atomic E-state index is 0.152. The van der Waals surface area contributed by atoms with Crippen LogP contribution in [-0.2, 0) is 19.0 Å². The molecule has 15 heavy (non-hydrogen) atoms. The van der Waals surface area contributed by atoms with E-state index in [-0.39, 0.29) is 31.2 Å². The maximum Gasteiger partial charge on any atom is 0.308 e. The summed E-state index contributed by atoms with van der Waals surface area (Å²) in [6.07, 6.45) is 0.0808. The van der Waals surface area contributed by atoms with Crippen LogP contribution in [0.1, 0.15) is 20.3 Å². The number of rotatable bonds is 8. The minimum Gasteiger partial charge on any atom is -0.463 e. The van der Waals surface area contributed by atoms with Crippen LogP contribution in [0.4, 0.5) is 0 Å². The molecule has 1 atom stereocenters. The summed E-state index contributed by atoms with van der Waals surface area (Å²) in [6.45, 7) is 4.87. The van der Waals surface area contributed by atoms with E-state index in [1.807, 2.05) is 13.8 Å². The van der Waals surface area contributed by atoms with Gasteiger partial charge < -0.3 is 19.9 Å². The van der Waals surface area contributed by atoms with Gasteiger partial charge in [0.25, 0.3) is 0 Å². The number of ether oxygens (including phenoxy) is 3. The van der Waals surface area contributed by atoms with Gasteiger partial charge in [-0.15, -0.1) is 0 Å². The molecule has 0 spiro atoms. The van der Waals surface area contributed by atoms with Gasteiger partial charge in [0.2, 0.25) is 0 Å². The van der Waals surface area contributed by atoms with Gasteiger partial charge in [-0.05, 0) is 13.8 Å². The van der Waals surface area contributed by atoms with Crippen molar-refractivity contribution in [1.82, 2.24) is 0 Å². The van der Waals surface area contributed by atoms with Gasteiger partial charge in [-0.25, -0.2) is 0 Å². The molecule has 2 N–H and O–H groups in total. The molecule has 0 aliphatic heterocycles. The molecule has 0 bridgehead atoms. The van der Waals surface area contributed by atoms with E-state index in [0.29, 0.717) is 13.2 Å². The first-order valence-electron chi connectivity index (χ1n) is 5.10. The molecule has 5 heteroatoms. The first-order valence-corrected chi connectivity index (χ1v) is 5.10. The Hall–Kier alpha value is -0.650. The topological polar surface area (TPSA) is 70.8 Å². The first kappa shape index (κ1) is 14.3. The van der Waals surface area contributed by atoms with Crippen molar-refractivity contribution >= 4 is 5.97 Å². The number of carbonyl (C=O) groups excluding carboxylic acids is 1. The molecular weight excluding hydrogens is 198 g/mol. The van der Waals surface area contributed by atoms with Crippen LogP contribution < -0.4 is 5.73 Å². The Bertz CT molecular complexity index is 169. The first-order chi connectivity index (χ1) is 7.10. The molecule has 0 fully saturated rings. The lowest BCUT2D eigenvalue weighted by Crippen LogP contribution is -2.26. The van der Waals surface area contributed by atoms with Crippen molar-refractivity contribution in [2.75, 3.05) is 26.9 Å². The molecule has 0 aromatic heterocycles. The Morgan fingerprint density at radius 3 is 2.47 bits per heavy atom. The van der Waals surface area contributed by atoms with Crippen LogP contribution in [0.15, 0.2) is 0 Å². The smallest absolute Gasteiger partial charge is 0.308 e. The van der Waals surface area contributed by atoms with Gasteiger partial charge in [-0.2, -0.15) is 0 Å². The van der Waals surface area contributed by atoms with Gasteiger partial charge in [0.15, 0.2) is 0 Å². The zero-order valence-corrected chi connectivity index (χ0v) is 9.69. The molecule has 0 aliphatic rings. The average molecular weight is 219 g/mol. The lowest BCUT2D eigenvalue weighted by molar-refractivity contribution is -0.148. The minimum atomic E-state index is -0.306. The molecule has 0 saturated heterocycles. The lowest BCUT2D eigenvalue weighted by atomic mass is 10.2. The van der Waals surface area contributed by atoms with E-state index in [4.69, 9.17) is 19.9 Å². The van der Waals surface area contributed by atoms with Gasteiger partial charge in [-0.1, -0.05) is 0 Å². The number of hydrogen-bond donors (Lipinski definition) is 1. The zero-order chi connectivity index (χ0) is 11.7. The molecule has 0 radical (unpaired) electrons. The van der Waals surface area contributed by atoms with Gasteiger partial charge in [0, 0.05) is 13.7 Å². The summed E-state index contributed by atoms with van der Waals surface area (Å²) in [4.78, 5) is 11.2. The second-order valence-corrected chi connectivity index (χ2v) is 3.44. The van der Waals surface area contributed by atoms with Gasteiger partial charge in [-0.3, -0.25) is 4.79 Å². The van der Waals surface area contributed by atoms with Crippen molar-refractivity contribution in [3.63, 3.8) is 0 Å². The quantitative estimate of drug-likeness (QED) is 0.470. The van der Waals surface area contributed by atoms with Crippen molar-refractivity contribution in [2.45, 2.75) is 32.5 Å². The molecule has 0 saturated carbocycles. The SMILES string of the molecule is COC(CN)CC(=O)OCCOC(C)C. The second kappa shape index (κ2) is 8.64. The summed E-state index contributed by atoms with van der Waals surface area (Å²) >= 11 is 0. The van der Waals surface area contributed by atoms with Crippen LogP contribution in [0.25, 0.3) is 0 Å². The van der Waals surface area contributed by atoms with E-state index in [0.717, 1.165) is 0 Å². The predicted octanol–water partition coefficient (Wildman–Crippen LogP) is 0.318. The van der Waals surface area contributed by atoms with E-state index in [9.17, 15) is 4.79 Å². The largest absolute Gasteiger partial charge is 0.463 e. The molecule has 0 amide bonds. The van der Waals surface area contributed by atoms with Gasteiger partial charge in [0.05, 0.1) is 25.2 Å². The highest BCUT2D eigenvalue weighted by atomic mass is 16.6. The average Bonchev–Trinajstić information content (AvgIpc) is 2.20. The van der Waals surface area contributed by atoms with Gasteiger partial charge >= 0.3 is 5.97 Å². The summed E-state index contributed by atoms with van der Waals surface area (Å²) in [5, 5.41) is 0. The third-order valence-corrected chi connectivity index (χ3v) is 1.79. The van der Waals surface area contributed by atoms with Crippen LogP contribution in [0.5, 0.6) is 0 Å². The Morgan fingerprint density at radius 2 is 2.00 bits per heavy atom. The summed E-state index contributed by atoms with van der Waals surface area (Å²) in [6, 6.07) is 0. The van der Waals surface area contributed by atoms with E-state index >= 15 is 0 Å². The molecule has 90 valence electrons. The van der Waals surface area contributed by atoms with Crippen molar-refractivity contribution in [3.05, 3.63) is 0 Å². The van der Waals surface area contributed by atoms with Crippen LogP contribution in [0.2, 0.25) is 0 Å². The number of methoxy groups -OCH3 is 1. The summed E-state index contributed by atoms with van der Waals surface area (Å²) in [5.41, 5.74) is 5.37. The van der Waals surface area contributed by atoms with E-state index in [1.165, 1.54) is 7.11 Å². The lowest BCUT2D eigenvalue weighted by Gasteiger charge is -2.12. The molecule has 0 aliphatic carbocycles. The summed E-state index contributed by atoms with van der Waals surface area (Å²) in [7, 11) is 1.52. The maximum atomic E-state index is 11.2. The van der Waals surface area contributed by atoms with E-state index < -0.39 is 0 Å². The van der Waals surface area contributed by atoms with Crippen molar-refractivity contribution in [1.29, 1.82) is 0 Å². The third-order valence-electron chi connectivity index (χ3n) is 1.79. The van der Waals surface area contributed by atoms with Gasteiger partial charge in [0.1, 0.15) is 6.61 Å². The third kappa shape index (κ3) is 8.35. The molecular formula is C10H21NO4. The fourth-order valence-electron chi connectivity index (χ4n) is 0.947. The number of carbonyl (C=O) groups is 1. The Labute approximate surface area is 90.9 Å². The summed E-state index contributed by atoms with van der Waals surface area (Å²) in [5.74, 6) is -0.306. The Kier molecular flexibility index (Phi) is 8.27. The Morgan fingerprint density at radius 1 is 1.33 bits per heavy atom. The number of esters is 1. The number of hydrogen-bond acceptors (Lipinski definition) is 5. The predicted molar refractivity (Wildman–Crippen MR) is 56.5 cm³/mol.